The van der Waals surface area contributed by atoms with Gasteiger partial charge >= 0.3 is 0 Å². The van der Waals surface area contributed by atoms with Crippen LogP contribution in [0.4, 0.5) is 0 Å². The second kappa shape index (κ2) is 8.93. The van der Waals surface area contributed by atoms with Gasteiger partial charge in [-0.2, -0.15) is 0 Å². The summed E-state index contributed by atoms with van der Waals surface area (Å²) in [5.74, 6) is 0. The van der Waals surface area contributed by atoms with E-state index in [-0.39, 0.29) is 6.10 Å². The van der Waals surface area contributed by atoms with E-state index >= 15 is 0 Å². The summed E-state index contributed by atoms with van der Waals surface area (Å²) in [6.07, 6.45) is 5.27. The second-order valence-corrected chi connectivity index (χ2v) is 4.37. The molecule has 4 heteroatoms. The maximum Gasteiger partial charge on any atom is 0.0700 e. The highest BCUT2D eigenvalue weighted by molar-refractivity contribution is 4.82. The Hall–Kier alpha value is -0.160. The van der Waals surface area contributed by atoms with Gasteiger partial charge in [-0.3, -0.25) is 0 Å². The number of unbranched alkanes of at least 4 members (excludes halogenated alkanes) is 1. The SMILES string of the molecule is COCCOCCCCN[C@H]1CCC[C@@H]1O. The average molecular weight is 231 g/mol. The van der Waals surface area contributed by atoms with Gasteiger partial charge in [0.05, 0.1) is 19.3 Å². The number of methoxy groups -OCH3 is 1. The molecule has 0 aliphatic heterocycles. The second-order valence-electron chi connectivity index (χ2n) is 4.37. The summed E-state index contributed by atoms with van der Waals surface area (Å²) in [5, 5.41) is 13.0. The molecule has 1 saturated carbocycles. The summed E-state index contributed by atoms with van der Waals surface area (Å²) < 4.78 is 10.2. The molecule has 0 bridgehead atoms. The van der Waals surface area contributed by atoms with Crippen molar-refractivity contribution in [3.63, 3.8) is 0 Å². The van der Waals surface area contributed by atoms with Crippen molar-refractivity contribution in [2.75, 3.05) is 33.5 Å². The van der Waals surface area contributed by atoms with E-state index in [1.54, 1.807) is 7.11 Å². The van der Waals surface area contributed by atoms with Crippen LogP contribution in [0.15, 0.2) is 0 Å². The predicted octanol–water partition coefficient (Wildman–Crippen LogP) is 0.933. The van der Waals surface area contributed by atoms with Crippen molar-refractivity contribution in [1.29, 1.82) is 0 Å². The third-order valence-corrected chi connectivity index (χ3v) is 3.03. The van der Waals surface area contributed by atoms with Crippen LogP contribution in [0.5, 0.6) is 0 Å². The van der Waals surface area contributed by atoms with E-state index in [0.717, 1.165) is 45.3 Å². The standard InChI is InChI=1S/C12H25NO3/c1-15-9-10-16-8-3-2-7-13-11-5-4-6-12(11)14/h11-14H,2-10H2,1H3/t11-,12-/m0/s1. The molecule has 2 N–H and O–H groups in total. The van der Waals surface area contributed by atoms with Crippen molar-refractivity contribution in [3.8, 4) is 0 Å². The molecule has 0 saturated heterocycles. The lowest BCUT2D eigenvalue weighted by atomic mass is 10.2. The zero-order valence-electron chi connectivity index (χ0n) is 10.3. The van der Waals surface area contributed by atoms with Gasteiger partial charge in [0, 0.05) is 19.8 Å². The quantitative estimate of drug-likeness (QED) is 0.580. The first-order valence-electron chi connectivity index (χ1n) is 6.32. The van der Waals surface area contributed by atoms with Gasteiger partial charge in [-0.25, -0.2) is 0 Å². The van der Waals surface area contributed by atoms with Crippen LogP contribution in [0.1, 0.15) is 32.1 Å². The molecule has 0 spiro atoms. The Balaban J connectivity index is 1.81. The van der Waals surface area contributed by atoms with Gasteiger partial charge in [-0.15, -0.1) is 0 Å². The summed E-state index contributed by atoms with van der Waals surface area (Å²) in [7, 11) is 1.68. The lowest BCUT2D eigenvalue weighted by molar-refractivity contribution is 0.0685. The zero-order chi connectivity index (χ0) is 11.6. The summed E-state index contributed by atoms with van der Waals surface area (Å²) in [6, 6.07) is 0.328. The maximum atomic E-state index is 9.59. The number of aliphatic hydroxyl groups excluding tert-OH is 1. The van der Waals surface area contributed by atoms with E-state index in [9.17, 15) is 5.11 Å². The Morgan fingerprint density at radius 2 is 2.06 bits per heavy atom. The third-order valence-electron chi connectivity index (χ3n) is 3.03. The number of aliphatic hydroxyl groups is 1. The molecule has 0 unspecified atom stereocenters. The Bertz CT molecular complexity index is 166. The van der Waals surface area contributed by atoms with Gasteiger partial charge < -0.3 is 19.9 Å². The summed E-state index contributed by atoms with van der Waals surface area (Å²) >= 11 is 0. The van der Waals surface area contributed by atoms with Crippen molar-refractivity contribution in [2.45, 2.75) is 44.2 Å². The number of hydrogen-bond donors (Lipinski definition) is 2. The lowest BCUT2D eigenvalue weighted by Gasteiger charge is -2.16. The normalized spacial score (nSPS) is 25.1. The van der Waals surface area contributed by atoms with E-state index in [1.165, 1.54) is 0 Å². The molecular weight excluding hydrogens is 206 g/mol. The first kappa shape index (κ1) is 13.9. The zero-order valence-corrected chi connectivity index (χ0v) is 10.3. The molecule has 0 aromatic carbocycles. The molecule has 4 nitrogen and oxygen atoms in total. The highest BCUT2D eigenvalue weighted by Gasteiger charge is 2.23. The van der Waals surface area contributed by atoms with E-state index in [1.807, 2.05) is 0 Å². The van der Waals surface area contributed by atoms with E-state index in [0.29, 0.717) is 19.3 Å². The fraction of sp³-hybridized carbons (Fsp3) is 1.00. The Kier molecular flexibility index (Phi) is 7.76. The minimum atomic E-state index is -0.127. The molecule has 16 heavy (non-hydrogen) atoms. The van der Waals surface area contributed by atoms with Crippen LogP contribution in [0, 0.1) is 0 Å². The van der Waals surface area contributed by atoms with E-state index < -0.39 is 0 Å². The molecule has 2 atom stereocenters. The smallest absolute Gasteiger partial charge is 0.0700 e. The molecular formula is C12H25NO3. The summed E-state index contributed by atoms with van der Waals surface area (Å²) in [6.45, 7) is 3.14. The highest BCUT2D eigenvalue weighted by atomic mass is 16.5. The van der Waals surface area contributed by atoms with Crippen LogP contribution >= 0.6 is 0 Å². The van der Waals surface area contributed by atoms with Crippen LogP contribution in [0.3, 0.4) is 0 Å². The fourth-order valence-corrected chi connectivity index (χ4v) is 2.04. The number of nitrogens with one attached hydrogen (secondary N) is 1. The Morgan fingerprint density at radius 3 is 2.75 bits per heavy atom. The van der Waals surface area contributed by atoms with Crippen molar-refractivity contribution < 1.29 is 14.6 Å². The minimum absolute atomic E-state index is 0.127. The van der Waals surface area contributed by atoms with E-state index in [2.05, 4.69) is 5.32 Å². The summed E-state index contributed by atoms with van der Waals surface area (Å²) in [5.41, 5.74) is 0. The maximum absolute atomic E-state index is 9.59. The fourth-order valence-electron chi connectivity index (χ4n) is 2.04. The van der Waals surface area contributed by atoms with Gasteiger partial charge in [0.1, 0.15) is 0 Å². The van der Waals surface area contributed by atoms with Gasteiger partial charge in [-0.1, -0.05) is 0 Å². The van der Waals surface area contributed by atoms with Gasteiger partial charge in [0.2, 0.25) is 0 Å². The molecule has 1 aliphatic carbocycles. The average Bonchev–Trinajstić information content (AvgIpc) is 2.68. The number of ether oxygens (including phenoxy) is 2. The van der Waals surface area contributed by atoms with Crippen LogP contribution in [-0.2, 0) is 9.47 Å². The molecule has 0 aromatic heterocycles. The molecule has 0 heterocycles. The topological polar surface area (TPSA) is 50.7 Å². The van der Waals surface area contributed by atoms with Crippen molar-refractivity contribution in [3.05, 3.63) is 0 Å². The van der Waals surface area contributed by atoms with Gasteiger partial charge in [-0.05, 0) is 38.6 Å². The first-order chi connectivity index (χ1) is 7.84. The number of rotatable bonds is 9. The highest BCUT2D eigenvalue weighted by Crippen LogP contribution is 2.18. The first-order valence-corrected chi connectivity index (χ1v) is 6.32. The monoisotopic (exact) mass is 231 g/mol. The molecule has 1 fully saturated rings. The Morgan fingerprint density at radius 1 is 1.19 bits per heavy atom. The molecule has 0 radical (unpaired) electrons. The van der Waals surface area contributed by atoms with Crippen molar-refractivity contribution >= 4 is 0 Å². The predicted molar refractivity (Wildman–Crippen MR) is 63.6 cm³/mol. The molecule has 1 rings (SSSR count). The Labute approximate surface area is 98.3 Å². The van der Waals surface area contributed by atoms with Crippen LogP contribution in [0.2, 0.25) is 0 Å². The molecule has 0 amide bonds. The largest absolute Gasteiger partial charge is 0.392 e. The van der Waals surface area contributed by atoms with Gasteiger partial charge in [0.15, 0.2) is 0 Å². The third kappa shape index (κ3) is 5.80. The van der Waals surface area contributed by atoms with Crippen molar-refractivity contribution in [2.24, 2.45) is 0 Å². The lowest BCUT2D eigenvalue weighted by Crippen LogP contribution is -2.36. The van der Waals surface area contributed by atoms with E-state index in [4.69, 9.17) is 9.47 Å². The summed E-state index contributed by atoms with van der Waals surface area (Å²) in [4.78, 5) is 0. The number of hydrogen-bond acceptors (Lipinski definition) is 4. The van der Waals surface area contributed by atoms with Gasteiger partial charge in [0.25, 0.3) is 0 Å². The molecule has 1 aliphatic rings. The van der Waals surface area contributed by atoms with Crippen molar-refractivity contribution in [1.82, 2.24) is 5.32 Å². The molecule has 0 aromatic rings. The van der Waals surface area contributed by atoms with Crippen LogP contribution in [-0.4, -0.2) is 50.7 Å². The van der Waals surface area contributed by atoms with Crippen LogP contribution < -0.4 is 5.32 Å². The molecule has 96 valence electrons. The van der Waals surface area contributed by atoms with Crippen LogP contribution in [0.25, 0.3) is 0 Å². The minimum Gasteiger partial charge on any atom is -0.392 e.